The molecule has 0 aromatic carbocycles. The van der Waals surface area contributed by atoms with Crippen molar-refractivity contribution in [2.75, 3.05) is 26.2 Å². The molecular weight excluding hydrogens is 314 g/mol. The van der Waals surface area contributed by atoms with Crippen LogP contribution in [0.15, 0.2) is 0 Å². The average Bonchev–Trinajstić information content (AvgIpc) is 3.39. The number of rotatable bonds is 4. The predicted octanol–water partition coefficient (Wildman–Crippen LogP) is 2.31. The van der Waals surface area contributed by atoms with Crippen LogP contribution in [0.3, 0.4) is 0 Å². The first-order valence-corrected chi connectivity index (χ1v) is 10.1. The lowest BCUT2D eigenvalue weighted by Crippen LogP contribution is -2.41. The average molecular weight is 345 g/mol. The van der Waals surface area contributed by atoms with Crippen molar-refractivity contribution in [1.82, 2.24) is 24.6 Å². The molecule has 3 fully saturated rings. The minimum atomic E-state index is 0.304. The summed E-state index contributed by atoms with van der Waals surface area (Å²) >= 11 is 0. The number of piperidine rings is 1. The zero-order valence-electron chi connectivity index (χ0n) is 15.5. The molecule has 1 aliphatic carbocycles. The highest BCUT2D eigenvalue weighted by Gasteiger charge is 2.32. The van der Waals surface area contributed by atoms with E-state index >= 15 is 0 Å². The summed E-state index contributed by atoms with van der Waals surface area (Å²) in [4.78, 5) is 17.2. The highest BCUT2D eigenvalue weighted by Crippen LogP contribution is 2.31. The molecular formula is C19H31N5O. The Morgan fingerprint density at radius 1 is 0.960 bits per heavy atom. The first-order chi connectivity index (χ1) is 12.2. The van der Waals surface area contributed by atoms with E-state index in [0.717, 1.165) is 57.0 Å². The summed E-state index contributed by atoms with van der Waals surface area (Å²) in [6.07, 6.45) is 9.31. The molecule has 0 atom stereocenters. The van der Waals surface area contributed by atoms with Crippen molar-refractivity contribution in [3.63, 3.8) is 0 Å². The molecule has 0 spiro atoms. The fourth-order valence-corrected chi connectivity index (χ4v) is 4.80. The Morgan fingerprint density at radius 3 is 2.32 bits per heavy atom. The summed E-state index contributed by atoms with van der Waals surface area (Å²) in [6.45, 7) is 5.05. The van der Waals surface area contributed by atoms with Gasteiger partial charge in [0, 0.05) is 32.0 Å². The summed E-state index contributed by atoms with van der Waals surface area (Å²) in [7, 11) is 2.11. The first kappa shape index (κ1) is 17.0. The number of hydrogen-bond donors (Lipinski definition) is 0. The van der Waals surface area contributed by atoms with Crippen LogP contribution in [-0.4, -0.2) is 56.7 Å². The lowest BCUT2D eigenvalue weighted by atomic mass is 9.94. The quantitative estimate of drug-likeness (QED) is 0.840. The van der Waals surface area contributed by atoms with E-state index in [1.54, 1.807) is 0 Å². The predicted molar refractivity (Wildman–Crippen MR) is 96.0 cm³/mol. The van der Waals surface area contributed by atoms with Crippen molar-refractivity contribution in [3.8, 4) is 0 Å². The number of carbonyl (C=O) groups is 1. The van der Waals surface area contributed by atoms with Gasteiger partial charge in [0.2, 0.25) is 5.91 Å². The lowest BCUT2D eigenvalue weighted by Gasteiger charge is -2.33. The normalized spacial score (nSPS) is 23.6. The Bertz CT molecular complexity index is 593. The van der Waals surface area contributed by atoms with Gasteiger partial charge >= 0.3 is 0 Å². The van der Waals surface area contributed by atoms with Gasteiger partial charge in [-0.2, -0.15) is 0 Å². The molecule has 1 aromatic rings. The molecule has 0 N–H and O–H groups in total. The molecule has 0 radical (unpaired) electrons. The Labute approximate surface area is 150 Å². The Morgan fingerprint density at radius 2 is 1.64 bits per heavy atom. The van der Waals surface area contributed by atoms with Gasteiger partial charge in [-0.25, -0.2) is 0 Å². The van der Waals surface area contributed by atoms with Crippen molar-refractivity contribution in [2.45, 2.75) is 63.8 Å². The first-order valence-electron chi connectivity index (χ1n) is 10.1. The van der Waals surface area contributed by atoms with Crippen molar-refractivity contribution in [2.24, 2.45) is 13.0 Å². The van der Waals surface area contributed by atoms with Crippen LogP contribution in [0.2, 0.25) is 0 Å². The Balaban J connectivity index is 1.34. The van der Waals surface area contributed by atoms with Crippen LogP contribution >= 0.6 is 0 Å². The van der Waals surface area contributed by atoms with E-state index < -0.39 is 0 Å². The van der Waals surface area contributed by atoms with Crippen molar-refractivity contribution < 1.29 is 4.79 Å². The van der Waals surface area contributed by atoms with Crippen molar-refractivity contribution >= 4 is 5.91 Å². The second-order valence-electron chi connectivity index (χ2n) is 8.10. The smallest absolute Gasteiger partial charge is 0.225 e. The third kappa shape index (κ3) is 3.59. The van der Waals surface area contributed by atoms with E-state index in [0.29, 0.717) is 17.7 Å². The highest BCUT2D eigenvalue weighted by molar-refractivity contribution is 5.79. The van der Waals surface area contributed by atoms with Gasteiger partial charge < -0.3 is 9.47 Å². The van der Waals surface area contributed by atoms with E-state index in [1.165, 1.54) is 38.8 Å². The van der Waals surface area contributed by atoms with Crippen LogP contribution < -0.4 is 0 Å². The van der Waals surface area contributed by atoms with Crippen LogP contribution in [0, 0.1) is 5.92 Å². The molecule has 2 aliphatic heterocycles. The van der Waals surface area contributed by atoms with Gasteiger partial charge in [-0.1, -0.05) is 12.8 Å². The molecule has 1 amide bonds. The molecule has 3 aliphatic rings. The number of hydrogen-bond acceptors (Lipinski definition) is 4. The van der Waals surface area contributed by atoms with Crippen molar-refractivity contribution in [3.05, 3.63) is 11.6 Å². The van der Waals surface area contributed by atoms with Crippen LogP contribution in [-0.2, 0) is 18.4 Å². The fraction of sp³-hybridized carbons (Fsp3) is 0.842. The van der Waals surface area contributed by atoms with Gasteiger partial charge in [-0.05, 0) is 51.6 Å². The zero-order valence-corrected chi connectivity index (χ0v) is 15.5. The van der Waals surface area contributed by atoms with Crippen LogP contribution in [0.1, 0.15) is 68.9 Å². The Kier molecular flexibility index (Phi) is 5.06. The number of likely N-dealkylation sites (tertiary alicyclic amines) is 2. The monoisotopic (exact) mass is 345 g/mol. The maximum absolute atomic E-state index is 12.6. The lowest BCUT2D eigenvalue weighted by molar-refractivity contribution is -0.136. The molecule has 1 aromatic heterocycles. The molecule has 0 unspecified atom stereocenters. The highest BCUT2D eigenvalue weighted by atomic mass is 16.2. The van der Waals surface area contributed by atoms with Crippen LogP contribution in [0.5, 0.6) is 0 Å². The van der Waals surface area contributed by atoms with Gasteiger partial charge in [-0.15, -0.1) is 10.2 Å². The minimum absolute atomic E-state index is 0.304. The van der Waals surface area contributed by atoms with Crippen LogP contribution in [0.4, 0.5) is 0 Å². The zero-order chi connectivity index (χ0) is 17.2. The second kappa shape index (κ2) is 7.44. The Hall–Kier alpha value is -1.43. The summed E-state index contributed by atoms with van der Waals surface area (Å²) in [5.74, 6) is 3.35. The maximum atomic E-state index is 12.6. The fourth-order valence-electron chi connectivity index (χ4n) is 4.80. The molecule has 2 saturated heterocycles. The molecule has 3 heterocycles. The molecule has 6 nitrogen and oxygen atoms in total. The molecule has 25 heavy (non-hydrogen) atoms. The molecule has 1 saturated carbocycles. The minimum Gasteiger partial charge on any atom is -0.342 e. The van der Waals surface area contributed by atoms with Gasteiger partial charge in [0.05, 0.1) is 6.54 Å². The summed E-state index contributed by atoms with van der Waals surface area (Å²) in [6, 6.07) is 0. The largest absolute Gasteiger partial charge is 0.342 e. The summed E-state index contributed by atoms with van der Waals surface area (Å²) < 4.78 is 2.21. The molecule has 4 rings (SSSR count). The van der Waals surface area contributed by atoms with E-state index in [2.05, 4.69) is 31.6 Å². The second-order valence-corrected chi connectivity index (χ2v) is 8.10. The van der Waals surface area contributed by atoms with E-state index in [4.69, 9.17) is 0 Å². The van der Waals surface area contributed by atoms with E-state index in [9.17, 15) is 4.79 Å². The summed E-state index contributed by atoms with van der Waals surface area (Å²) in [5.41, 5.74) is 0. The van der Waals surface area contributed by atoms with Crippen LogP contribution in [0.25, 0.3) is 0 Å². The number of amides is 1. The van der Waals surface area contributed by atoms with E-state index in [1.807, 2.05) is 0 Å². The van der Waals surface area contributed by atoms with Gasteiger partial charge in [0.1, 0.15) is 11.6 Å². The number of nitrogens with zero attached hydrogens (tertiary/aromatic N) is 5. The molecule has 6 heteroatoms. The third-order valence-electron chi connectivity index (χ3n) is 6.44. The SMILES string of the molecule is Cn1c(CN2CCCC2)nnc1C1CCN(C(=O)C2CCCC2)CC1. The van der Waals surface area contributed by atoms with Gasteiger partial charge in [0.25, 0.3) is 0 Å². The topological polar surface area (TPSA) is 54.3 Å². The van der Waals surface area contributed by atoms with E-state index in [-0.39, 0.29) is 0 Å². The molecule has 138 valence electrons. The van der Waals surface area contributed by atoms with Crippen molar-refractivity contribution in [1.29, 1.82) is 0 Å². The third-order valence-corrected chi connectivity index (χ3v) is 6.44. The number of carbonyl (C=O) groups excluding carboxylic acids is 1. The summed E-state index contributed by atoms with van der Waals surface area (Å²) in [5, 5.41) is 8.97. The van der Waals surface area contributed by atoms with Gasteiger partial charge in [0.15, 0.2) is 0 Å². The van der Waals surface area contributed by atoms with Gasteiger partial charge in [-0.3, -0.25) is 9.69 Å². The maximum Gasteiger partial charge on any atom is 0.225 e. The number of aromatic nitrogens is 3. The molecule has 0 bridgehead atoms. The standard InChI is InChI=1S/C19H31N5O/c1-22-17(14-23-10-4-5-11-23)20-21-18(22)15-8-12-24(13-9-15)19(25)16-6-2-3-7-16/h15-16H,2-14H2,1H3.